The maximum absolute atomic E-state index is 13.2. The van der Waals surface area contributed by atoms with Gasteiger partial charge >= 0.3 is 36.8 Å². The van der Waals surface area contributed by atoms with Crippen LogP contribution in [0.15, 0.2) is 178 Å². The maximum atomic E-state index is 13.2. The monoisotopic (exact) mass is 1520 g/mol. The molecule has 0 amide bonds. The minimum Gasteiger partial charge on any atom is -0.870 e. The molecule has 0 unspecified atom stereocenters. The molecule has 37 heteroatoms. The molecule has 3 aliphatic rings. The van der Waals surface area contributed by atoms with Crippen molar-refractivity contribution in [3.63, 3.8) is 0 Å². The zero-order chi connectivity index (χ0) is 73.3. The van der Waals surface area contributed by atoms with Gasteiger partial charge in [-0.2, -0.15) is 23.6 Å². The van der Waals surface area contributed by atoms with Gasteiger partial charge in [-0.05, 0) is 166 Å². The molecule has 9 aromatic rings. The van der Waals surface area contributed by atoms with Crippen LogP contribution < -0.4 is 54.8 Å². The molecule has 3 aliphatic heterocycles. The minimum absolute atomic E-state index is 0. The molecule has 3 saturated heterocycles. The topological polar surface area (TPSA) is 395 Å². The molecule has 29 nitrogen and oxygen atoms in total. The smallest absolute Gasteiger partial charge is 0.870 e. The summed E-state index contributed by atoms with van der Waals surface area (Å²) in [6.45, 7) is 11.9. The number of methoxy groups -OCH3 is 2. The number of anilines is 9. The molecule has 3 fully saturated rings. The summed E-state index contributed by atoms with van der Waals surface area (Å²) < 4.78 is 125. The molecule has 8 N–H and O–H groups in total. The normalized spacial score (nSPS) is 13.9. The number of sulfonamides is 2. The number of nitrogens with zero attached hydrogens (tertiary/aromatic N) is 11. The molecule has 105 heavy (non-hydrogen) atoms. The van der Waals surface area contributed by atoms with E-state index >= 15 is 0 Å². The first kappa shape index (κ1) is 84.0. The molecule has 552 valence electrons. The molecule has 0 bridgehead atoms. The van der Waals surface area contributed by atoms with Gasteiger partial charge in [0, 0.05) is 142 Å². The first-order chi connectivity index (χ1) is 48.6. The predicted octanol–water partition coefficient (Wildman–Crippen LogP) is 5.32. The van der Waals surface area contributed by atoms with Crippen molar-refractivity contribution >= 4 is 110 Å². The van der Waals surface area contributed by atoms with Crippen molar-refractivity contribution in [3.8, 4) is 0 Å². The largest absolute Gasteiger partial charge is 1.00 e. The van der Waals surface area contributed by atoms with Crippen LogP contribution in [0, 0.1) is 38.2 Å². The molecule has 3 aromatic heterocycles. The van der Waals surface area contributed by atoms with Gasteiger partial charge in [0.25, 0.3) is 9.05 Å². The average Bonchev–Trinajstić information content (AvgIpc) is 0.793. The number of carboxylic acids is 1. The van der Waals surface area contributed by atoms with E-state index in [9.17, 15) is 52.8 Å². The van der Waals surface area contributed by atoms with Gasteiger partial charge in [-0.25, -0.2) is 67.8 Å². The zero-order valence-corrected chi connectivity index (χ0v) is 60.8. The zero-order valence-electron chi connectivity index (χ0n) is 57.6. The number of ether oxygens (including phenoxy) is 2. The number of piperazine rings is 3. The Bertz CT molecular complexity index is 4760. The second kappa shape index (κ2) is 38.2. The van der Waals surface area contributed by atoms with E-state index in [-0.39, 0.29) is 105 Å². The predicted molar refractivity (Wildman–Crippen MR) is 384 cm³/mol. The summed E-state index contributed by atoms with van der Waals surface area (Å²) in [6.07, 6.45) is 0. The van der Waals surface area contributed by atoms with Gasteiger partial charge in [0.2, 0.25) is 37.9 Å². The summed E-state index contributed by atoms with van der Waals surface area (Å²) in [4.78, 5) is 66.8. The number of hydrogen-bond acceptors (Lipinski definition) is 25. The number of aromatic carboxylic acids is 1. The Balaban J connectivity index is 0.000000228. The fraction of sp³-hybridized carbons (Fsp3) is 0.250. The number of aryl methyl sites for hydroxylation is 3. The third-order valence-corrected chi connectivity index (χ3v) is 20.7. The number of rotatable bonds is 17. The summed E-state index contributed by atoms with van der Waals surface area (Å²) in [5.74, 6) is 0.485. The van der Waals surface area contributed by atoms with Crippen LogP contribution in [0.2, 0.25) is 0 Å². The van der Waals surface area contributed by atoms with Crippen LogP contribution in [-0.2, 0) is 38.6 Å². The van der Waals surface area contributed by atoms with E-state index < -0.39 is 47.0 Å². The van der Waals surface area contributed by atoms with Crippen LogP contribution in [0.5, 0.6) is 0 Å². The van der Waals surface area contributed by atoms with Crippen molar-refractivity contribution in [2.24, 2.45) is 0 Å². The molecule has 6 aromatic carbocycles. The number of carbonyl (C=O) groups is 3. The number of aromatic nitrogens is 6. The number of nitrogens with one attached hydrogen (secondary N) is 4. The van der Waals surface area contributed by atoms with E-state index in [1.807, 2.05) is 36.6 Å². The molecular formula is C68H74ClF3LiN15O14S3. The number of hydrogen-bond donors (Lipinski definition) is 5. The average molecular weight is 1520 g/mol. The van der Waals surface area contributed by atoms with Gasteiger partial charge in [-0.3, -0.25) is 0 Å². The quantitative estimate of drug-likeness (QED) is 0.0437. The van der Waals surface area contributed by atoms with E-state index in [1.54, 1.807) is 48.5 Å². The fourth-order valence-electron chi connectivity index (χ4n) is 10.3. The Morgan fingerprint density at radius 3 is 0.990 bits per heavy atom. The summed E-state index contributed by atoms with van der Waals surface area (Å²) in [5.41, 5.74) is 5.16. The Morgan fingerprint density at radius 1 is 0.438 bits per heavy atom. The van der Waals surface area contributed by atoms with Gasteiger partial charge in [-0.15, -0.1) is 0 Å². The van der Waals surface area contributed by atoms with E-state index in [4.69, 9.17) is 15.8 Å². The first-order valence-electron chi connectivity index (χ1n) is 31.4. The van der Waals surface area contributed by atoms with Gasteiger partial charge in [0.1, 0.15) is 34.9 Å². The van der Waals surface area contributed by atoms with Crippen molar-refractivity contribution in [1.29, 1.82) is 0 Å². The van der Waals surface area contributed by atoms with Crippen molar-refractivity contribution in [3.05, 3.63) is 215 Å². The van der Waals surface area contributed by atoms with Gasteiger partial charge in [0.15, 0.2) is 0 Å². The summed E-state index contributed by atoms with van der Waals surface area (Å²) in [6, 6.07) is 39.6. The molecule has 0 atom stereocenters. The summed E-state index contributed by atoms with van der Waals surface area (Å²) in [5, 5.41) is 21.8. The molecule has 0 aliphatic carbocycles. The molecule has 0 spiro atoms. The number of esters is 2. The molecule has 0 radical (unpaired) electrons. The van der Waals surface area contributed by atoms with E-state index in [0.717, 1.165) is 60.7 Å². The van der Waals surface area contributed by atoms with Crippen LogP contribution >= 0.6 is 10.7 Å². The number of carboxylic acid groups (broad SMARTS) is 1. The number of halogens is 4. The van der Waals surface area contributed by atoms with Crippen LogP contribution in [0.25, 0.3) is 0 Å². The van der Waals surface area contributed by atoms with Crippen LogP contribution in [0.4, 0.5) is 65.5 Å². The second-order valence-corrected chi connectivity index (χ2v) is 29.2. The summed E-state index contributed by atoms with van der Waals surface area (Å²) >= 11 is 0. The van der Waals surface area contributed by atoms with Crippen LogP contribution in [0.3, 0.4) is 0 Å². The Labute approximate surface area is 621 Å². The van der Waals surface area contributed by atoms with E-state index in [2.05, 4.69) is 65.5 Å². The fourth-order valence-corrected chi connectivity index (χ4v) is 13.9. The Hall–Kier alpha value is -9.90. The molecule has 0 saturated carbocycles. The summed E-state index contributed by atoms with van der Waals surface area (Å²) in [7, 11) is -3.58. The Kier molecular flexibility index (Phi) is 30.6. The van der Waals surface area contributed by atoms with E-state index in [1.165, 1.54) is 132 Å². The molecule has 6 heterocycles. The maximum Gasteiger partial charge on any atom is 1.00 e. The van der Waals surface area contributed by atoms with E-state index in [0.29, 0.717) is 61.1 Å². The van der Waals surface area contributed by atoms with Gasteiger partial charge < -0.3 is 61.5 Å². The van der Waals surface area contributed by atoms with Gasteiger partial charge in [0.05, 0.1) is 45.6 Å². The number of benzene rings is 6. The number of carbonyl (C=O) groups excluding carboxylic acids is 2. The molecule has 12 rings (SSSR count). The van der Waals surface area contributed by atoms with Crippen molar-refractivity contribution in [2.45, 2.75) is 35.5 Å². The SMILES string of the molecule is COC(=O)c1ccc(S(=O)(=O)Cl)cc1.COC(=O)c1ccc(S(=O)(=O)N2CCN(c3nc(C)cc(Nc4ccc(F)cc4)n3)CC2)cc1.Cc1cc(Nc2ccc(F)cc2)nc(N2CCN(S(=O)(=O)c3ccc(C(=O)O)cc3)CC2)n1.Cc1cc(Nc2ccc(F)cc2)nc(N2CCNCC2)n1.O.[Li+].[OH-]. The van der Waals surface area contributed by atoms with Crippen LogP contribution in [0.1, 0.15) is 48.2 Å². The minimum atomic E-state index is -3.74. The first-order valence-corrected chi connectivity index (χ1v) is 36.6. The third-order valence-electron chi connectivity index (χ3n) is 15.5. The van der Waals surface area contributed by atoms with Gasteiger partial charge in [-0.1, -0.05) is 0 Å². The van der Waals surface area contributed by atoms with Crippen molar-refractivity contribution < 1.29 is 97.2 Å². The van der Waals surface area contributed by atoms with Crippen molar-refractivity contribution in [2.75, 3.05) is 123 Å². The standard InChI is InChI=1S/C23H24FN5O4S.C22H22FN5O4S.C15H18FN5.C8H7ClO4S.Li.2H2O/c1-16-15-21(26-19-7-5-18(24)6-8-19)27-23(25-16)28-11-13-29(14-12-28)34(31,32)20-9-3-17(4-10-20)22(30)33-2;1-15-14-20(25-18-6-4-17(23)5-7-18)26-22(24-15)27-10-12-28(13-11-27)33(31,32)19-8-2-16(3-9-19)21(29)30;1-11-10-14(19-13-4-2-12(16)3-5-13)20-15(18-11)21-8-6-17-7-9-21;1-13-8(10)6-2-4-7(5-3-6)14(9,11)12;;;/h3-10,15H,11-14H2,1-2H3,(H,25,26,27);2-9,14H,10-13H2,1H3,(H,29,30)(H,24,25,26);2-5,10,17H,6-9H2,1H3,(H,18,19,20);2-5H,1H3;;2*1H2/q;;;;+1;;/p-1. The molecular weight excluding hydrogens is 1450 g/mol. The van der Waals surface area contributed by atoms with Crippen LogP contribution in [-0.4, -0.2) is 190 Å². The third kappa shape index (κ3) is 23.5. The Morgan fingerprint density at radius 2 is 0.714 bits per heavy atom. The second-order valence-electron chi connectivity index (χ2n) is 22.8. The van der Waals surface area contributed by atoms with Crippen molar-refractivity contribution in [1.82, 2.24) is 43.8 Å².